The van der Waals surface area contributed by atoms with E-state index in [4.69, 9.17) is 10.8 Å². The van der Waals surface area contributed by atoms with Gasteiger partial charge in [0.25, 0.3) is 0 Å². The Morgan fingerprint density at radius 1 is 1.39 bits per heavy atom. The Hall–Kier alpha value is -1.85. The molecule has 2 rings (SSSR count). The second kappa shape index (κ2) is 5.20. The highest BCUT2D eigenvalue weighted by Crippen LogP contribution is 2.19. The van der Waals surface area contributed by atoms with Crippen LogP contribution in [0.15, 0.2) is 30.5 Å². The minimum atomic E-state index is -1.09. The molecule has 1 aromatic carbocycles. The molecule has 1 aromatic heterocycles. The van der Waals surface area contributed by atoms with Gasteiger partial charge in [-0.25, -0.2) is 0 Å². The van der Waals surface area contributed by atoms with Crippen LogP contribution >= 0.6 is 0 Å². The Morgan fingerprint density at radius 3 is 2.83 bits per heavy atom. The molecule has 5 heteroatoms. The number of carbonyl (C=O) groups is 1. The largest absolute Gasteiger partial charge is 0.480 e. The summed E-state index contributed by atoms with van der Waals surface area (Å²) in [6.07, 6.45) is 1.52. The molecule has 0 saturated carbocycles. The molecular weight excluding hydrogens is 232 g/mol. The SMILES string of the molecule is N[C@@H](C[C@H](O)Cc1c[nH]c2ccccc12)C(=O)O. The van der Waals surface area contributed by atoms with Crippen LogP contribution in [0.1, 0.15) is 12.0 Å². The number of carboxylic acid groups (broad SMARTS) is 1. The number of carboxylic acids is 1. The zero-order valence-electron chi connectivity index (χ0n) is 9.84. The number of para-hydroxylation sites is 1. The molecule has 0 aliphatic heterocycles. The number of nitrogens with one attached hydrogen (secondary N) is 1. The minimum absolute atomic E-state index is 0.0504. The lowest BCUT2D eigenvalue weighted by Crippen LogP contribution is -2.34. The van der Waals surface area contributed by atoms with Crippen LogP contribution in [0.25, 0.3) is 10.9 Å². The maximum atomic E-state index is 10.6. The highest BCUT2D eigenvalue weighted by Gasteiger charge is 2.18. The Bertz CT molecular complexity index is 550. The first-order valence-electron chi connectivity index (χ1n) is 5.79. The number of hydrogen-bond donors (Lipinski definition) is 4. The van der Waals surface area contributed by atoms with Crippen molar-refractivity contribution in [2.24, 2.45) is 5.73 Å². The van der Waals surface area contributed by atoms with Crippen molar-refractivity contribution in [3.63, 3.8) is 0 Å². The topological polar surface area (TPSA) is 99.3 Å². The number of rotatable bonds is 5. The van der Waals surface area contributed by atoms with Crippen LogP contribution in [0.4, 0.5) is 0 Å². The lowest BCUT2D eigenvalue weighted by molar-refractivity contribution is -0.139. The first-order chi connectivity index (χ1) is 8.58. The minimum Gasteiger partial charge on any atom is -0.480 e. The summed E-state index contributed by atoms with van der Waals surface area (Å²) in [6.45, 7) is 0. The van der Waals surface area contributed by atoms with Gasteiger partial charge in [0, 0.05) is 23.5 Å². The Morgan fingerprint density at radius 2 is 2.11 bits per heavy atom. The van der Waals surface area contributed by atoms with E-state index >= 15 is 0 Å². The van der Waals surface area contributed by atoms with Crippen LogP contribution in [0.2, 0.25) is 0 Å². The summed E-state index contributed by atoms with van der Waals surface area (Å²) >= 11 is 0. The summed E-state index contributed by atoms with van der Waals surface area (Å²) in [5.41, 5.74) is 7.36. The number of hydrogen-bond acceptors (Lipinski definition) is 3. The maximum Gasteiger partial charge on any atom is 0.320 e. The van der Waals surface area contributed by atoms with Gasteiger partial charge in [-0.15, -0.1) is 0 Å². The molecule has 0 aliphatic carbocycles. The molecule has 0 saturated heterocycles. The lowest BCUT2D eigenvalue weighted by Gasteiger charge is -2.12. The summed E-state index contributed by atoms with van der Waals surface area (Å²) in [4.78, 5) is 13.7. The number of aliphatic hydroxyl groups is 1. The molecule has 2 atom stereocenters. The Labute approximate surface area is 104 Å². The van der Waals surface area contributed by atoms with Gasteiger partial charge in [0.1, 0.15) is 6.04 Å². The molecule has 0 fully saturated rings. The number of aromatic nitrogens is 1. The van der Waals surface area contributed by atoms with E-state index in [0.717, 1.165) is 16.5 Å². The fourth-order valence-corrected chi connectivity index (χ4v) is 2.03. The Kier molecular flexibility index (Phi) is 3.64. The standard InChI is InChI=1S/C13H16N2O3/c14-11(13(17)18)6-9(16)5-8-7-15-12-4-2-1-3-10(8)12/h1-4,7,9,11,15-16H,5-6,14H2,(H,17,18)/t9-,11+/m1/s1. The highest BCUT2D eigenvalue weighted by atomic mass is 16.4. The van der Waals surface area contributed by atoms with Gasteiger partial charge in [0.15, 0.2) is 0 Å². The van der Waals surface area contributed by atoms with Gasteiger partial charge < -0.3 is 20.9 Å². The lowest BCUT2D eigenvalue weighted by atomic mass is 10.0. The molecule has 0 amide bonds. The number of aromatic amines is 1. The van der Waals surface area contributed by atoms with Gasteiger partial charge in [-0.05, 0) is 18.1 Å². The summed E-state index contributed by atoms with van der Waals surface area (Å²) in [6, 6.07) is 6.75. The first kappa shape index (κ1) is 12.6. The molecule has 2 aromatic rings. The number of benzene rings is 1. The summed E-state index contributed by atoms with van der Waals surface area (Å²) in [5, 5.41) is 19.6. The second-order valence-corrected chi connectivity index (χ2v) is 4.40. The fourth-order valence-electron chi connectivity index (χ4n) is 2.03. The zero-order chi connectivity index (χ0) is 13.1. The third-order valence-corrected chi connectivity index (χ3v) is 2.97. The molecule has 0 spiro atoms. The fraction of sp³-hybridized carbons (Fsp3) is 0.308. The summed E-state index contributed by atoms with van der Waals surface area (Å²) in [5.74, 6) is -1.09. The first-order valence-corrected chi connectivity index (χ1v) is 5.79. The molecule has 18 heavy (non-hydrogen) atoms. The third kappa shape index (κ3) is 2.69. The molecule has 0 unspecified atom stereocenters. The van der Waals surface area contributed by atoms with Crippen molar-refractivity contribution in [1.29, 1.82) is 0 Å². The van der Waals surface area contributed by atoms with Crippen molar-refractivity contribution < 1.29 is 15.0 Å². The number of aliphatic carboxylic acids is 1. The van der Waals surface area contributed by atoms with E-state index in [-0.39, 0.29) is 6.42 Å². The summed E-state index contributed by atoms with van der Waals surface area (Å²) < 4.78 is 0. The van der Waals surface area contributed by atoms with Gasteiger partial charge in [-0.3, -0.25) is 4.79 Å². The summed E-state index contributed by atoms with van der Waals surface area (Å²) in [7, 11) is 0. The van der Waals surface area contributed by atoms with Crippen molar-refractivity contribution in [3.05, 3.63) is 36.0 Å². The van der Waals surface area contributed by atoms with Crippen molar-refractivity contribution in [2.75, 3.05) is 0 Å². The maximum absolute atomic E-state index is 10.6. The van der Waals surface area contributed by atoms with Crippen molar-refractivity contribution >= 4 is 16.9 Å². The average Bonchev–Trinajstić information content (AvgIpc) is 2.72. The van der Waals surface area contributed by atoms with Crippen LogP contribution in [0.3, 0.4) is 0 Å². The molecule has 0 bridgehead atoms. The van der Waals surface area contributed by atoms with Crippen molar-refractivity contribution in [1.82, 2.24) is 4.98 Å². The van der Waals surface area contributed by atoms with E-state index in [9.17, 15) is 9.90 Å². The van der Waals surface area contributed by atoms with Crippen LogP contribution in [0.5, 0.6) is 0 Å². The van der Waals surface area contributed by atoms with Crippen molar-refractivity contribution in [3.8, 4) is 0 Å². The van der Waals surface area contributed by atoms with E-state index in [2.05, 4.69) is 4.98 Å². The molecule has 5 N–H and O–H groups in total. The smallest absolute Gasteiger partial charge is 0.320 e. The van der Waals surface area contributed by atoms with Gasteiger partial charge in [0.2, 0.25) is 0 Å². The molecule has 96 valence electrons. The van der Waals surface area contributed by atoms with Crippen LogP contribution in [0, 0.1) is 0 Å². The molecule has 0 radical (unpaired) electrons. The second-order valence-electron chi connectivity index (χ2n) is 4.40. The number of H-pyrrole nitrogens is 1. The monoisotopic (exact) mass is 248 g/mol. The molecule has 5 nitrogen and oxygen atoms in total. The van der Waals surface area contributed by atoms with Crippen LogP contribution in [-0.4, -0.2) is 33.3 Å². The van der Waals surface area contributed by atoms with Gasteiger partial charge in [-0.1, -0.05) is 18.2 Å². The third-order valence-electron chi connectivity index (χ3n) is 2.97. The van der Waals surface area contributed by atoms with Crippen LogP contribution in [-0.2, 0) is 11.2 Å². The average molecular weight is 248 g/mol. The zero-order valence-corrected chi connectivity index (χ0v) is 9.84. The number of aliphatic hydroxyl groups excluding tert-OH is 1. The highest BCUT2D eigenvalue weighted by molar-refractivity contribution is 5.83. The van der Waals surface area contributed by atoms with Gasteiger partial charge in [-0.2, -0.15) is 0 Å². The number of fused-ring (bicyclic) bond motifs is 1. The van der Waals surface area contributed by atoms with Crippen molar-refractivity contribution in [2.45, 2.75) is 25.0 Å². The van der Waals surface area contributed by atoms with Crippen LogP contribution < -0.4 is 5.73 Å². The molecule has 1 heterocycles. The van der Waals surface area contributed by atoms with E-state index in [1.165, 1.54) is 0 Å². The predicted octanol–water partition coefficient (Wildman–Crippen LogP) is 0.873. The molecular formula is C13H16N2O3. The van der Waals surface area contributed by atoms with E-state index in [1.807, 2.05) is 30.5 Å². The normalized spacial score (nSPS) is 14.6. The quantitative estimate of drug-likeness (QED) is 0.631. The van der Waals surface area contributed by atoms with E-state index in [1.54, 1.807) is 0 Å². The predicted molar refractivity (Wildman–Crippen MR) is 68.2 cm³/mol. The molecule has 0 aliphatic rings. The van der Waals surface area contributed by atoms with E-state index in [0.29, 0.717) is 6.42 Å². The number of nitrogens with two attached hydrogens (primary N) is 1. The van der Waals surface area contributed by atoms with E-state index < -0.39 is 18.1 Å². The Balaban J connectivity index is 2.07. The van der Waals surface area contributed by atoms with Gasteiger partial charge in [0.05, 0.1) is 6.10 Å². The van der Waals surface area contributed by atoms with Gasteiger partial charge >= 0.3 is 5.97 Å².